The first-order chi connectivity index (χ1) is 4.22. The second-order valence-corrected chi connectivity index (χ2v) is 1.50. The minimum Gasteiger partial charge on any atom is -0.387 e. The lowest BCUT2D eigenvalue weighted by molar-refractivity contribution is 0.886. The summed E-state index contributed by atoms with van der Waals surface area (Å²) < 4.78 is 0. The zero-order chi connectivity index (χ0) is 7.28. The lowest BCUT2D eigenvalue weighted by atomic mass is 10.1. The van der Waals surface area contributed by atoms with Crippen LogP contribution in [0.5, 0.6) is 0 Å². The van der Waals surface area contributed by atoms with Crippen molar-refractivity contribution in [2.45, 2.75) is 6.42 Å². The van der Waals surface area contributed by atoms with Gasteiger partial charge in [-0.05, 0) is 0 Å². The van der Waals surface area contributed by atoms with Crippen molar-refractivity contribution in [3.63, 3.8) is 0 Å². The Bertz CT molecular complexity index is 182. The third kappa shape index (κ3) is 2.30. The standard InChI is InChI=1S/C5H6N4/c6-2-1-4(3-7)5(8)9/h4H,1H2,(H3,8,9). The summed E-state index contributed by atoms with van der Waals surface area (Å²) in [6, 6.07) is 3.49. The smallest absolute Gasteiger partial charge is 0.116 e. The molecule has 0 aliphatic carbocycles. The molecule has 4 nitrogen and oxygen atoms in total. The van der Waals surface area contributed by atoms with Crippen LogP contribution in [-0.2, 0) is 0 Å². The molecule has 0 fully saturated rings. The predicted octanol–water partition coefficient (Wildman–Crippen LogP) is -0.0242. The molecule has 0 amide bonds. The van der Waals surface area contributed by atoms with Gasteiger partial charge in [0.2, 0.25) is 0 Å². The molecular formula is C5H6N4. The molecule has 0 bridgehead atoms. The summed E-state index contributed by atoms with van der Waals surface area (Å²) in [4.78, 5) is 0. The Balaban J connectivity index is 3.91. The minimum absolute atomic E-state index is 0.00579. The molecule has 1 atom stereocenters. The zero-order valence-corrected chi connectivity index (χ0v) is 4.76. The third-order valence-electron chi connectivity index (χ3n) is 0.827. The summed E-state index contributed by atoms with van der Waals surface area (Å²) in [5, 5.41) is 23.0. The molecule has 0 aromatic carbocycles. The van der Waals surface area contributed by atoms with E-state index >= 15 is 0 Å². The lowest BCUT2D eigenvalue weighted by Crippen LogP contribution is -2.20. The Kier molecular flexibility index (Phi) is 2.86. The fourth-order valence-electron chi connectivity index (χ4n) is 0.316. The highest BCUT2D eigenvalue weighted by Gasteiger charge is 2.08. The van der Waals surface area contributed by atoms with E-state index in [2.05, 4.69) is 0 Å². The Hall–Kier alpha value is -1.55. The Morgan fingerprint density at radius 1 is 1.67 bits per heavy atom. The topological polar surface area (TPSA) is 97.5 Å². The number of nitrogens with zero attached hydrogens (tertiary/aromatic N) is 2. The minimum atomic E-state index is -0.727. The van der Waals surface area contributed by atoms with E-state index in [-0.39, 0.29) is 12.3 Å². The van der Waals surface area contributed by atoms with Crippen molar-refractivity contribution in [3.8, 4) is 12.1 Å². The molecule has 1 unspecified atom stereocenters. The van der Waals surface area contributed by atoms with Gasteiger partial charge in [0.1, 0.15) is 11.8 Å². The van der Waals surface area contributed by atoms with E-state index in [9.17, 15) is 0 Å². The average Bonchev–Trinajstić information content (AvgIpc) is 1.82. The van der Waals surface area contributed by atoms with Gasteiger partial charge in [-0.1, -0.05) is 0 Å². The zero-order valence-electron chi connectivity index (χ0n) is 4.76. The van der Waals surface area contributed by atoms with Gasteiger partial charge in [0, 0.05) is 0 Å². The molecule has 9 heavy (non-hydrogen) atoms. The molecule has 0 aromatic heterocycles. The monoisotopic (exact) mass is 122 g/mol. The van der Waals surface area contributed by atoms with Gasteiger partial charge < -0.3 is 5.73 Å². The van der Waals surface area contributed by atoms with E-state index < -0.39 is 5.92 Å². The highest BCUT2D eigenvalue weighted by Crippen LogP contribution is 1.97. The van der Waals surface area contributed by atoms with Crippen LogP contribution in [0.15, 0.2) is 0 Å². The van der Waals surface area contributed by atoms with E-state index in [1.807, 2.05) is 0 Å². The van der Waals surface area contributed by atoms with Crippen LogP contribution in [0.3, 0.4) is 0 Å². The van der Waals surface area contributed by atoms with Gasteiger partial charge in [-0.25, -0.2) is 0 Å². The molecule has 0 aliphatic heterocycles. The molecule has 3 N–H and O–H groups in total. The van der Waals surface area contributed by atoms with Crippen LogP contribution in [0, 0.1) is 34.0 Å². The average molecular weight is 122 g/mol. The molecule has 0 radical (unpaired) electrons. The van der Waals surface area contributed by atoms with Gasteiger partial charge in [-0.15, -0.1) is 0 Å². The quantitative estimate of drug-likeness (QED) is 0.397. The van der Waals surface area contributed by atoms with Crippen molar-refractivity contribution in [1.82, 2.24) is 0 Å². The largest absolute Gasteiger partial charge is 0.387 e. The fraction of sp³-hybridized carbons (Fsp3) is 0.400. The first-order valence-electron chi connectivity index (χ1n) is 2.33. The lowest BCUT2D eigenvalue weighted by Gasteiger charge is -1.97. The van der Waals surface area contributed by atoms with Crippen LogP contribution in [0.1, 0.15) is 6.42 Å². The summed E-state index contributed by atoms with van der Waals surface area (Å²) in [5.41, 5.74) is 4.94. The third-order valence-corrected chi connectivity index (χ3v) is 0.827. The molecule has 0 rings (SSSR count). The number of hydrogen-bond donors (Lipinski definition) is 2. The van der Waals surface area contributed by atoms with Gasteiger partial charge in [0.25, 0.3) is 0 Å². The summed E-state index contributed by atoms with van der Waals surface area (Å²) in [7, 11) is 0. The number of amidine groups is 1. The van der Waals surface area contributed by atoms with Crippen LogP contribution < -0.4 is 5.73 Å². The van der Waals surface area contributed by atoms with Gasteiger partial charge in [0.05, 0.1) is 18.6 Å². The highest BCUT2D eigenvalue weighted by molar-refractivity contribution is 5.82. The van der Waals surface area contributed by atoms with E-state index in [0.717, 1.165) is 0 Å². The molecule has 0 aromatic rings. The number of nitrogens with two attached hydrogens (primary N) is 1. The summed E-state index contributed by atoms with van der Waals surface area (Å²) in [6.07, 6.45) is 0.00579. The Morgan fingerprint density at radius 3 is 2.33 bits per heavy atom. The Labute approximate surface area is 53.0 Å². The highest BCUT2D eigenvalue weighted by atomic mass is 14.7. The van der Waals surface area contributed by atoms with Gasteiger partial charge >= 0.3 is 0 Å². The predicted molar refractivity (Wildman–Crippen MR) is 31.2 cm³/mol. The van der Waals surface area contributed by atoms with E-state index in [1.165, 1.54) is 0 Å². The SMILES string of the molecule is N#CCC(C#N)C(=N)N. The molecule has 0 aliphatic rings. The van der Waals surface area contributed by atoms with Crippen LogP contribution >= 0.6 is 0 Å². The van der Waals surface area contributed by atoms with Gasteiger partial charge in [-0.3, -0.25) is 5.41 Å². The second kappa shape index (κ2) is 3.45. The normalized spacial score (nSPS) is 10.9. The van der Waals surface area contributed by atoms with Crippen molar-refractivity contribution in [2.24, 2.45) is 11.7 Å². The van der Waals surface area contributed by atoms with Crippen molar-refractivity contribution >= 4 is 5.84 Å². The number of rotatable bonds is 2. The van der Waals surface area contributed by atoms with Crippen LogP contribution in [0.4, 0.5) is 0 Å². The molecular weight excluding hydrogens is 116 g/mol. The Morgan fingerprint density at radius 2 is 2.22 bits per heavy atom. The molecule has 46 valence electrons. The number of nitriles is 2. The second-order valence-electron chi connectivity index (χ2n) is 1.50. The summed E-state index contributed by atoms with van der Waals surface area (Å²) in [5.74, 6) is -0.964. The van der Waals surface area contributed by atoms with E-state index in [1.54, 1.807) is 12.1 Å². The van der Waals surface area contributed by atoms with Crippen molar-refractivity contribution in [1.29, 1.82) is 15.9 Å². The van der Waals surface area contributed by atoms with E-state index in [4.69, 9.17) is 21.7 Å². The first-order valence-corrected chi connectivity index (χ1v) is 2.33. The van der Waals surface area contributed by atoms with Crippen LogP contribution in [-0.4, -0.2) is 5.84 Å². The molecule has 4 heteroatoms. The first kappa shape index (κ1) is 7.45. The van der Waals surface area contributed by atoms with E-state index in [0.29, 0.717) is 0 Å². The summed E-state index contributed by atoms with van der Waals surface area (Å²) >= 11 is 0. The van der Waals surface area contributed by atoms with Crippen molar-refractivity contribution in [2.75, 3.05) is 0 Å². The molecule has 0 heterocycles. The number of hydrogen-bond acceptors (Lipinski definition) is 3. The number of nitrogens with one attached hydrogen (secondary N) is 1. The molecule has 0 saturated carbocycles. The van der Waals surface area contributed by atoms with Crippen molar-refractivity contribution in [3.05, 3.63) is 0 Å². The van der Waals surface area contributed by atoms with Crippen molar-refractivity contribution < 1.29 is 0 Å². The van der Waals surface area contributed by atoms with Crippen LogP contribution in [0.25, 0.3) is 0 Å². The van der Waals surface area contributed by atoms with Gasteiger partial charge in [0.15, 0.2) is 0 Å². The van der Waals surface area contributed by atoms with Crippen LogP contribution in [0.2, 0.25) is 0 Å². The molecule has 0 spiro atoms. The van der Waals surface area contributed by atoms with Gasteiger partial charge in [-0.2, -0.15) is 10.5 Å². The fourth-order valence-corrected chi connectivity index (χ4v) is 0.316. The maximum Gasteiger partial charge on any atom is 0.116 e. The maximum atomic E-state index is 8.21. The molecule has 0 saturated heterocycles. The maximum absolute atomic E-state index is 8.21. The summed E-state index contributed by atoms with van der Waals surface area (Å²) in [6.45, 7) is 0.